The van der Waals surface area contributed by atoms with E-state index in [4.69, 9.17) is 52.1 Å². The summed E-state index contributed by atoms with van der Waals surface area (Å²) in [4.78, 5) is 0.661. The number of thiocarbonyl (C=S) groups is 1. The van der Waals surface area contributed by atoms with Crippen LogP contribution in [0.3, 0.4) is 0 Å². The minimum Gasteiger partial charge on any atom is -0.308 e. The molecule has 4 rings (SSSR count). The minimum absolute atomic E-state index is 0.0238. The number of rotatable bonds is 4. The quantitative estimate of drug-likeness (QED) is 0.585. The zero-order valence-corrected chi connectivity index (χ0v) is 18.1. The van der Waals surface area contributed by atoms with Crippen LogP contribution in [-0.2, 0) is 0 Å². The Morgan fingerprint density at radius 3 is 2.36 bits per heavy atom. The van der Waals surface area contributed by atoms with Crippen molar-refractivity contribution in [2.45, 2.75) is 25.3 Å². The third kappa shape index (κ3) is 4.29. The van der Waals surface area contributed by atoms with Gasteiger partial charge in [-0.15, -0.1) is 0 Å². The Balaban J connectivity index is 1.65. The molecule has 4 nitrogen and oxygen atoms in total. The first-order chi connectivity index (χ1) is 13.5. The van der Waals surface area contributed by atoms with Crippen LogP contribution in [0.5, 0.6) is 0 Å². The van der Waals surface area contributed by atoms with E-state index in [0.717, 1.165) is 30.1 Å². The predicted octanol–water partition coefficient (Wildman–Crippen LogP) is 5.88. The van der Waals surface area contributed by atoms with Crippen LogP contribution in [0.2, 0.25) is 15.1 Å². The maximum absolute atomic E-state index is 6.48. The van der Waals surface area contributed by atoms with Crippen molar-refractivity contribution in [3.63, 3.8) is 0 Å². The van der Waals surface area contributed by atoms with E-state index in [9.17, 15) is 0 Å². The standard InChI is InChI=1S/C20H19Cl3N4S/c21-14-5-3-13(4-6-14)19-12-17(20(28)25-26-9-1-2-10-26)24-27(19)18-8-7-15(22)11-16(18)23/h3-8,11,19H,1-2,9-10,12H2,(H,25,28). The maximum atomic E-state index is 6.48. The Kier molecular flexibility index (Phi) is 6.09. The molecule has 2 aliphatic rings. The molecule has 28 heavy (non-hydrogen) atoms. The second-order valence-corrected chi connectivity index (χ2v) is 8.58. The summed E-state index contributed by atoms with van der Waals surface area (Å²) in [6.07, 6.45) is 3.05. The normalized spacial score (nSPS) is 19.8. The molecule has 1 unspecified atom stereocenters. The van der Waals surface area contributed by atoms with Gasteiger partial charge in [0.05, 0.1) is 22.5 Å². The van der Waals surface area contributed by atoms with E-state index >= 15 is 0 Å². The van der Waals surface area contributed by atoms with Gasteiger partial charge in [-0.25, -0.2) is 5.01 Å². The van der Waals surface area contributed by atoms with Crippen molar-refractivity contribution in [1.29, 1.82) is 0 Å². The summed E-state index contributed by atoms with van der Waals surface area (Å²) in [6.45, 7) is 2.00. The molecule has 0 saturated carbocycles. The SMILES string of the molecule is S=C(NN1CCCC1)C1=NN(c2ccc(Cl)cc2Cl)C(c2ccc(Cl)cc2)C1. The van der Waals surface area contributed by atoms with Crippen molar-refractivity contribution < 1.29 is 0 Å². The number of anilines is 1. The molecule has 0 radical (unpaired) electrons. The number of nitrogens with one attached hydrogen (secondary N) is 1. The topological polar surface area (TPSA) is 30.9 Å². The van der Waals surface area contributed by atoms with Crippen molar-refractivity contribution in [2.24, 2.45) is 5.10 Å². The molecular formula is C20H19Cl3N4S. The summed E-state index contributed by atoms with van der Waals surface area (Å²) in [5.74, 6) is 0. The Morgan fingerprint density at radius 1 is 1.00 bits per heavy atom. The zero-order chi connectivity index (χ0) is 19.7. The number of nitrogens with zero attached hydrogens (tertiary/aromatic N) is 3. The smallest absolute Gasteiger partial charge is 0.137 e. The van der Waals surface area contributed by atoms with E-state index in [-0.39, 0.29) is 6.04 Å². The van der Waals surface area contributed by atoms with Crippen molar-refractivity contribution >= 4 is 63.4 Å². The van der Waals surface area contributed by atoms with E-state index in [1.807, 2.05) is 41.4 Å². The first-order valence-corrected chi connectivity index (χ1v) is 10.7. The van der Waals surface area contributed by atoms with Crippen molar-refractivity contribution in [3.8, 4) is 0 Å². The van der Waals surface area contributed by atoms with Crippen molar-refractivity contribution in [3.05, 3.63) is 63.1 Å². The summed E-state index contributed by atoms with van der Waals surface area (Å²) in [5.41, 5.74) is 6.06. The van der Waals surface area contributed by atoms with Gasteiger partial charge in [-0.05, 0) is 48.7 Å². The van der Waals surface area contributed by atoms with Crippen LogP contribution in [0.1, 0.15) is 30.9 Å². The molecule has 2 aliphatic heterocycles. The molecule has 0 bridgehead atoms. The first-order valence-electron chi connectivity index (χ1n) is 9.14. The third-order valence-electron chi connectivity index (χ3n) is 4.95. The number of hydrazone groups is 1. The van der Waals surface area contributed by atoms with Crippen molar-refractivity contribution in [1.82, 2.24) is 10.4 Å². The highest BCUT2D eigenvalue weighted by molar-refractivity contribution is 7.82. The van der Waals surface area contributed by atoms with Crippen LogP contribution in [0.15, 0.2) is 47.6 Å². The average molecular weight is 454 g/mol. The minimum atomic E-state index is -0.0238. The van der Waals surface area contributed by atoms with Gasteiger partial charge in [0.25, 0.3) is 0 Å². The maximum Gasteiger partial charge on any atom is 0.137 e. The summed E-state index contributed by atoms with van der Waals surface area (Å²) in [6, 6.07) is 13.2. The lowest BCUT2D eigenvalue weighted by molar-refractivity contribution is 0.299. The highest BCUT2D eigenvalue weighted by Gasteiger charge is 2.32. The van der Waals surface area contributed by atoms with Gasteiger partial charge in [0.2, 0.25) is 0 Å². The van der Waals surface area contributed by atoms with Gasteiger partial charge < -0.3 is 5.43 Å². The number of halogens is 3. The molecular weight excluding hydrogens is 435 g/mol. The Hall–Kier alpha value is -1.37. The van der Waals surface area contributed by atoms with Gasteiger partial charge in [-0.2, -0.15) is 5.10 Å². The molecule has 1 fully saturated rings. The van der Waals surface area contributed by atoms with Gasteiger partial charge in [0.1, 0.15) is 4.99 Å². The Bertz CT molecular complexity index is 910. The summed E-state index contributed by atoms with van der Waals surface area (Å²) < 4.78 is 0. The van der Waals surface area contributed by atoms with Crippen LogP contribution in [-0.4, -0.2) is 28.8 Å². The number of hydrazine groups is 1. The van der Waals surface area contributed by atoms with E-state index in [1.165, 1.54) is 12.8 Å². The number of hydrogen-bond donors (Lipinski definition) is 1. The molecule has 1 saturated heterocycles. The molecule has 0 aliphatic carbocycles. The Labute approximate surface area is 185 Å². The lowest BCUT2D eigenvalue weighted by Crippen LogP contribution is -2.42. The van der Waals surface area contributed by atoms with Gasteiger partial charge in [-0.1, -0.05) is 59.2 Å². The van der Waals surface area contributed by atoms with Crippen LogP contribution < -0.4 is 10.4 Å². The molecule has 1 atom stereocenters. The number of benzene rings is 2. The molecule has 0 spiro atoms. The van der Waals surface area contributed by atoms with Crippen LogP contribution >= 0.6 is 47.0 Å². The van der Waals surface area contributed by atoms with Gasteiger partial charge in [-0.3, -0.25) is 5.01 Å². The summed E-state index contributed by atoms with van der Waals surface area (Å²) in [7, 11) is 0. The fourth-order valence-electron chi connectivity index (χ4n) is 3.52. The van der Waals surface area contributed by atoms with E-state index in [2.05, 4.69) is 10.4 Å². The largest absolute Gasteiger partial charge is 0.308 e. The number of hydrogen-bond acceptors (Lipinski definition) is 4. The molecule has 2 aromatic rings. The fraction of sp³-hybridized carbons (Fsp3) is 0.300. The monoisotopic (exact) mass is 452 g/mol. The van der Waals surface area contributed by atoms with Crippen molar-refractivity contribution in [2.75, 3.05) is 18.1 Å². The molecule has 8 heteroatoms. The lowest BCUT2D eigenvalue weighted by atomic mass is 10.0. The van der Waals surface area contributed by atoms with Gasteiger partial charge in [0.15, 0.2) is 0 Å². The van der Waals surface area contributed by atoms with E-state index in [1.54, 1.807) is 6.07 Å². The molecule has 0 aromatic heterocycles. The molecule has 2 aromatic carbocycles. The predicted molar refractivity (Wildman–Crippen MR) is 122 cm³/mol. The second kappa shape index (κ2) is 8.56. The summed E-state index contributed by atoms with van der Waals surface area (Å²) >= 11 is 24.3. The molecule has 2 heterocycles. The highest BCUT2D eigenvalue weighted by atomic mass is 35.5. The fourth-order valence-corrected chi connectivity index (χ4v) is 4.39. The lowest BCUT2D eigenvalue weighted by Gasteiger charge is -2.25. The van der Waals surface area contributed by atoms with Crippen LogP contribution in [0.25, 0.3) is 0 Å². The van der Waals surface area contributed by atoms with Crippen LogP contribution in [0, 0.1) is 0 Å². The second-order valence-electron chi connectivity index (χ2n) is 6.89. The first kappa shape index (κ1) is 19.9. The molecule has 146 valence electrons. The average Bonchev–Trinajstić information content (AvgIpc) is 3.32. The van der Waals surface area contributed by atoms with Gasteiger partial charge >= 0.3 is 0 Å². The van der Waals surface area contributed by atoms with E-state index < -0.39 is 0 Å². The zero-order valence-electron chi connectivity index (χ0n) is 15.0. The molecule has 1 N–H and O–H groups in total. The van der Waals surface area contributed by atoms with Gasteiger partial charge in [0, 0.05) is 29.6 Å². The summed E-state index contributed by atoms with van der Waals surface area (Å²) in [5, 5.41) is 10.7. The molecule has 0 amide bonds. The van der Waals surface area contributed by atoms with Crippen LogP contribution in [0.4, 0.5) is 5.69 Å². The van der Waals surface area contributed by atoms with E-state index in [0.29, 0.717) is 26.5 Å². The third-order valence-corrected chi connectivity index (χ3v) is 6.07. The highest BCUT2D eigenvalue weighted by Crippen LogP contribution is 2.40. The Morgan fingerprint density at radius 2 is 1.68 bits per heavy atom.